The number of rotatable bonds is 8. The van der Waals surface area contributed by atoms with E-state index in [1.807, 2.05) is 20.9 Å². The fourth-order valence-electron chi connectivity index (χ4n) is 4.18. The number of carbonyl (C=O) groups excluding carboxylic acids is 1. The average molecular weight is 465 g/mol. The van der Waals surface area contributed by atoms with E-state index < -0.39 is 23.6 Å². The maximum Gasteiger partial charge on any atom is 0.416 e. The van der Waals surface area contributed by atoms with Crippen molar-refractivity contribution in [2.45, 2.75) is 45.2 Å². The van der Waals surface area contributed by atoms with Crippen LogP contribution in [-0.4, -0.2) is 22.2 Å². The summed E-state index contributed by atoms with van der Waals surface area (Å²) >= 11 is 1.29. The van der Waals surface area contributed by atoms with Crippen LogP contribution in [0.15, 0.2) is 30.5 Å². The predicted molar refractivity (Wildman–Crippen MR) is 121 cm³/mol. The van der Waals surface area contributed by atoms with Crippen molar-refractivity contribution < 1.29 is 18.0 Å². The summed E-state index contributed by atoms with van der Waals surface area (Å²) in [5.74, 6) is -1.12. The lowest BCUT2D eigenvalue weighted by atomic mass is 9.85. The van der Waals surface area contributed by atoms with Crippen LogP contribution in [0.25, 0.3) is 11.3 Å². The van der Waals surface area contributed by atoms with Gasteiger partial charge in [0.1, 0.15) is 0 Å². The maximum atomic E-state index is 13.6. The molecule has 0 radical (unpaired) electrons. The molecule has 3 rings (SSSR count). The molecule has 172 valence electrons. The summed E-state index contributed by atoms with van der Waals surface area (Å²) in [6.45, 7) is 4.05. The van der Waals surface area contributed by atoms with Gasteiger partial charge < -0.3 is 11.5 Å². The van der Waals surface area contributed by atoms with Crippen LogP contribution in [0.1, 0.15) is 56.6 Å². The van der Waals surface area contributed by atoms with E-state index >= 15 is 0 Å². The number of primary amides is 1. The number of halogens is 3. The zero-order valence-electron chi connectivity index (χ0n) is 18.3. The number of hydrogen-bond donors (Lipinski definition) is 2. The zero-order chi connectivity index (χ0) is 23.6. The lowest BCUT2D eigenvalue weighted by Crippen LogP contribution is -2.21. The third-order valence-corrected chi connectivity index (χ3v) is 7.04. The van der Waals surface area contributed by atoms with E-state index in [-0.39, 0.29) is 18.5 Å². The monoisotopic (exact) mass is 464 g/mol. The van der Waals surface area contributed by atoms with E-state index in [2.05, 4.69) is 5.10 Å². The molecule has 0 saturated heterocycles. The Labute approximate surface area is 189 Å². The minimum atomic E-state index is -4.48. The molecule has 3 aromatic rings. The molecule has 1 atom stereocenters. The van der Waals surface area contributed by atoms with Crippen LogP contribution in [0.2, 0.25) is 0 Å². The number of benzene rings is 1. The Morgan fingerprint density at radius 1 is 1.19 bits per heavy atom. The number of thiophene rings is 1. The average Bonchev–Trinajstić information content (AvgIpc) is 3.31. The zero-order valence-corrected chi connectivity index (χ0v) is 19.1. The molecule has 0 bridgehead atoms. The van der Waals surface area contributed by atoms with Crippen molar-refractivity contribution in [2.75, 3.05) is 6.54 Å². The van der Waals surface area contributed by atoms with Crippen molar-refractivity contribution in [1.82, 2.24) is 9.78 Å². The molecule has 1 amide bonds. The highest BCUT2D eigenvalue weighted by Gasteiger charge is 2.35. The predicted octanol–water partition coefficient (Wildman–Crippen LogP) is 4.68. The minimum Gasteiger partial charge on any atom is -0.365 e. The van der Waals surface area contributed by atoms with E-state index in [4.69, 9.17) is 11.5 Å². The van der Waals surface area contributed by atoms with E-state index in [0.29, 0.717) is 16.9 Å². The van der Waals surface area contributed by atoms with Gasteiger partial charge in [-0.3, -0.25) is 9.48 Å². The highest BCUT2D eigenvalue weighted by molar-refractivity contribution is 7.14. The summed E-state index contributed by atoms with van der Waals surface area (Å²) < 4.78 is 42.6. The van der Waals surface area contributed by atoms with Gasteiger partial charge in [-0.15, -0.1) is 11.3 Å². The van der Waals surface area contributed by atoms with Gasteiger partial charge in [0.15, 0.2) is 0 Å². The Bertz CT molecular complexity index is 1120. The highest BCUT2D eigenvalue weighted by Crippen LogP contribution is 2.44. The van der Waals surface area contributed by atoms with Gasteiger partial charge in [0.05, 0.1) is 22.3 Å². The number of alkyl halides is 3. The third kappa shape index (κ3) is 4.45. The fourth-order valence-corrected chi connectivity index (χ4v) is 5.36. The molecule has 0 fully saturated rings. The second-order valence-corrected chi connectivity index (χ2v) is 8.75. The molecule has 0 aliphatic carbocycles. The van der Waals surface area contributed by atoms with E-state index in [9.17, 15) is 18.0 Å². The molecule has 32 heavy (non-hydrogen) atoms. The number of amides is 1. The summed E-state index contributed by atoms with van der Waals surface area (Å²) in [6, 6.07) is 5.48. The van der Waals surface area contributed by atoms with Gasteiger partial charge >= 0.3 is 6.18 Å². The lowest BCUT2D eigenvalue weighted by Gasteiger charge is -2.21. The van der Waals surface area contributed by atoms with Crippen molar-refractivity contribution in [1.29, 1.82) is 0 Å². The van der Waals surface area contributed by atoms with Crippen LogP contribution >= 0.6 is 11.3 Å². The van der Waals surface area contributed by atoms with Gasteiger partial charge in [0, 0.05) is 23.4 Å². The highest BCUT2D eigenvalue weighted by atomic mass is 32.1. The van der Waals surface area contributed by atoms with Crippen LogP contribution in [0, 0.1) is 0 Å². The summed E-state index contributed by atoms with van der Waals surface area (Å²) in [7, 11) is 1.82. The minimum absolute atomic E-state index is 0.0403. The van der Waals surface area contributed by atoms with Crippen molar-refractivity contribution in [3.05, 3.63) is 62.5 Å². The molecule has 1 aromatic carbocycles. The number of hydrogen-bond acceptors (Lipinski definition) is 4. The van der Waals surface area contributed by atoms with Gasteiger partial charge in [-0.25, -0.2) is 0 Å². The SMILES string of the molecule is CCc1cnn(C)c1-c1c(CC)sc(C(N)=O)c1[C@@H](CN)Cc1ccccc1C(F)(F)F. The number of aryl methyl sites for hydroxylation is 3. The van der Waals surface area contributed by atoms with Gasteiger partial charge in [-0.2, -0.15) is 18.3 Å². The Hall–Kier alpha value is -2.65. The van der Waals surface area contributed by atoms with Crippen molar-refractivity contribution >= 4 is 17.2 Å². The number of carbonyl (C=O) groups is 1. The fraction of sp³-hybridized carbons (Fsp3) is 0.391. The third-order valence-electron chi connectivity index (χ3n) is 5.68. The lowest BCUT2D eigenvalue weighted by molar-refractivity contribution is -0.138. The van der Waals surface area contributed by atoms with Crippen LogP contribution in [0.5, 0.6) is 0 Å². The van der Waals surface area contributed by atoms with E-state index in [1.165, 1.54) is 23.5 Å². The molecule has 0 aliphatic rings. The Balaban J connectivity index is 2.25. The molecule has 2 aromatic heterocycles. The molecule has 5 nitrogen and oxygen atoms in total. The Kier molecular flexibility index (Phi) is 7.09. The summed E-state index contributed by atoms with van der Waals surface area (Å²) in [6.07, 6.45) is -1.30. The molecule has 0 saturated carbocycles. The second-order valence-electron chi connectivity index (χ2n) is 7.65. The molecular formula is C23H27F3N4OS. The summed E-state index contributed by atoms with van der Waals surface area (Å²) in [4.78, 5) is 13.7. The quantitative estimate of drug-likeness (QED) is 0.508. The van der Waals surface area contributed by atoms with Gasteiger partial charge in [0.2, 0.25) is 0 Å². The van der Waals surface area contributed by atoms with Gasteiger partial charge in [-0.1, -0.05) is 32.0 Å². The van der Waals surface area contributed by atoms with Gasteiger partial charge in [-0.05, 0) is 48.6 Å². The molecule has 0 spiro atoms. The Morgan fingerprint density at radius 2 is 1.88 bits per heavy atom. The molecule has 0 unspecified atom stereocenters. The van der Waals surface area contributed by atoms with E-state index in [1.54, 1.807) is 16.9 Å². The van der Waals surface area contributed by atoms with Crippen LogP contribution < -0.4 is 11.5 Å². The first-order chi connectivity index (χ1) is 15.1. The molecule has 4 N–H and O–H groups in total. The number of nitrogens with two attached hydrogens (primary N) is 2. The maximum absolute atomic E-state index is 13.6. The topological polar surface area (TPSA) is 86.9 Å². The summed E-state index contributed by atoms with van der Waals surface area (Å²) in [5, 5.41) is 4.38. The summed E-state index contributed by atoms with van der Waals surface area (Å²) in [5.41, 5.74) is 14.6. The smallest absolute Gasteiger partial charge is 0.365 e. The van der Waals surface area contributed by atoms with Crippen LogP contribution in [0.4, 0.5) is 13.2 Å². The second kappa shape index (κ2) is 9.46. The molecule has 0 aliphatic heterocycles. The van der Waals surface area contributed by atoms with Gasteiger partial charge in [0.25, 0.3) is 5.91 Å². The first-order valence-corrected chi connectivity index (χ1v) is 11.3. The normalized spacial score (nSPS) is 12.8. The molecule has 2 heterocycles. The largest absolute Gasteiger partial charge is 0.416 e. The molecule has 9 heteroatoms. The molecular weight excluding hydrogens is 437 g/mol. The van der Waals surface area contributed by atoms with Crippen molar-refractivity contribution in [3.8, 4) is 11.3 Å². The Morgan fingerprint density at radius 3 is 2.44 bits per heavy atom. The number of nitrogens with zero attached hydrogens (tertiary/aromatic N) is 2. The number of aromatic nitrogens is 2. The van der Waals surface area contributed by atoms with Crippen molar-refractivity contribution in [2.24, 2.45) is 18.5 Å². The first-order valence-electron chi connectivity index (χ1n) is 10.5. The van der Waals surface area contributed by atoms with E-state index in [0.717, 1.165) is 34.2 Å². The van der Waals surface area contributed by atoms with Crippen molar-refractivity contribution in [3.63, 3.8) is 0 Å². The standard InChI is InChI=1S/C23H27F3N4OS/c1-4-13-12-29-30(3)20(13)19-17(5-2)32-21(22(28)31)18(19)15(11-27)10-14-8-6-7-9-16(14)23(24,25)26/h6-9,12,15H,4-5,10-11,27H2,1-3H3,(H2,28,31)/t15-/m1/s1. The first kappa shape index (κ1) is 24.0. The van der Waals surface area contributed by atoms with Crippen LogP contribution in [-0.2, 0) is 32.5 Å². The van der Waals surface area contributed by atoms with Crippen LogP contribution in [0.3, 0.4) is 0 Å².